The van der Waals surface area contributed by atoms with Gasteiger partial charge in [0.05, 0.1) is 0 Å². The lowest BCUT2D eigenvalue weighted by Crippen LogP contribution is -2.54. The van der Waals surface area contributed by atoms with Gasteiger partial charge in [-0.05, 0) is 74.3 Å². The average Bonchev–Trinajstić information content (AvgIpc) is 3.25. The lowest BCUT2D eigenvalue weighted by atomic mass is 9.98. The largest absolute Gasteiger partial charge is 0.507 e. The van der Waals surface area contributed by atoms with Gasteiger partial charge in [-0.1, -0.05) is 30.3 Å². The van der Waals surface area contributed by atoms with Crippen molar-refractivity contribution in [1.82, 2.24) is 24.9 Å². The lowest BCUT2D eigenvalue weighted by molar-refractivity contribution is -0.142. The van der Waals surface area contributed by atoms with Crippen molar-refractivity contribution in [3.8, 4) is 5.75 Å². The Bertz CT molecular complexity index is 1390. The summed E-state index contributed by atoms with van der Waals surface area (Å²) < 4.78 is 6.05. The fraction of sp³-hybridized carbons (Fsp3) is 0.571. The van der Waals surface area contributed by atoms with Gasteiger partial charge in [0.15, 0.2) is 6.10 Å². The second-order valence-corrected chi connectivity index (χ2v) is 13.2. The number of urea groups is 1. The third-order valence-electron chi connectivity index (χ3n) is 10.2. The number of anilines is 1. The fourth-order valence-corrected chi connectivity index (χ4v) is 7.55. The number of ether oxygens (including phenoxy) is 1. The van der Waals surface area contributed by atoms with Crippen LogP contribution < -0.4 is 10.6 Å². The predicted molar refractivity (Wildman–Crippen MR) is 176 cm³/mol. The molecule has 2 aromatic carbocycles. The summed E-state index contributed by atoms with van der Waals surface area (Å²) >= 11 is 0. The molecule has 4 amide bonds. The molecule has 0 radical (unpaired) electrons. The maximum atomic E-state index is 14.0. The molecule has 6 rings (SSSR count). The Hall–Kier alpha value is -3.83. The summed E-state index contributed by atoms with van der Waals surface area (Å²) in [6, 6.07) is 12.0. The minimum atomic E-state index is -0.959. The Balaban J connectivity index is 1.09. The quantitative estimate of drug-likeness (QED) is 0.446. The Morgan fingerprint density at radius 1 is 0.891 bits per heavy atom. The van der Waals surface area contributed by atoms with Crippen LogP contribution in [0.2, 0.25) is 0 Å². The van der Waals surface area contributed by atoms with Gasteiger partial charge in [-0.15, -0.1) is 0 Å². The molecule has 3 saturated heterocycles. The van der Waals surface area contributed by atoms with Gasteiger partial charge in [0, 0.05) is 83.1 Å². The summed E-state index contributed by atoms with van der Waals surface area (Å²) in [4.78, 5) is 48.6. The van der Waals surface area contributed by atoms with Gasteiger partial charge in [-0.25, -0.2) is 9.59 Å². The molecule has 0 aromatic heterocycles. The molecular formula is C35H48N6O5. The Morgan fingerprint density at radius 2 is 1.52 bits per heavy atom. The monoisotopic (exact) mass is 632 g/mol. The number of carbonyl (C=O) groups excluding carboxylic acids is 3. The van der Waals surface area contributed by atoms with Crippen LogP contribution in [-0.2, 0) is 22.4 Å². The maximum Gasteiger partial charge on any atom is 0.410 e. The number of phenols is 1. The summed E-state index contributed by atoms with van der Waals surface area (Å²) in [5.41, 5.74) is 4.29. The summed E-state index contributed by atoms with van der Waals surface area (Å²) in [6.45, 7) is 10.6. The van der Waals surface area contributed by atoms with Crippen LogP contribution in [0.1, 0.15) is 47.9 Å². The number of piperazine rings is 1. The summed E-state index contributed by atoms with van der Waals surface area (Å²) in [6.07, 6.45) is 2.69. The zero-order chi connectivity index (χ0) is 32.2. The van der Waals surface area contributed by atoms with E-state index in [9.17, 15) is 19.5 Å². The van der Waals surface area contributed by atoms with Gasteiger partial charge in [-0.2, -0.15) is 0 Å². The molecule has 11 heteroatoms. The topological polar surface area (TPSA) is 118 Å². The summed E-state index contributed by atoms with van der Waals surface area (Å²) in [5.74, 6) is 0.0784. The van der Waals surface area contributed by atoms with Gasteiger partial charge >= 0.3 is 12.1 Å². The molecule has 0 bridgehead atoms. The van der Waals surface area contributed by atoms with Crippen LogP contribution in [-0.4, -0.2) is 120 Å². The molecule has 46 heavy (non-hydrogen) atoms. The van der Waals surface area contributed by atoms with E-state index in [4.69, 9.17) is 4.74 Å². The molecule has 0 aliphatic carbocycles. The van der Waals surface area contributed by atoms with Crippen molar-refractivity contribution in [2.45, 2.75) is 70.6 Å². The van der Waals surface area contributed by atoms with Crippen LogP contribution in [0.4, 0.5) is 15.3 Å². The average molecular weight is 633 g/mol. The van der Waals surface area contributed by atoms with E-state index >= 15 is 0 Å². The molecule has 248 valence electrons. The van der Waals surface area contributed by atoms with Crippen LogP contribution in [0, 0.1) is 13.8 Å². The molecule has 3 N–H and O–H groups in total. The van der Waals surface area contributed by atoms with Gasteiger partial charge < -0.3 is 35.2 Å². The zero-order valence-electron chi connectivity index (χ0n) is 27.2. The first-order valence-electron chi connectivity index (χ1n) is 16.9. The first-order valence-corrected chi connectivity index (χ1v) is 16.9. The number of hydrogen-bond donors (Lipinski definition) is 3. The van der Waals surface area contributed by atoms with E-state index < -0.39 is 12.2 Å². The van der Waals surface area contributed by atoms with Crippen molar-refractivity contribution in [3.63, 3.8) is 0 Å². The number of nitrogens with zero attached hydrogens (tertiary/aromatic N) is 4. The molecule has 0 unspecified atom stereocenters. The molecule has 2 aromatic rings. The number of carbonyl (C=O) groups is 3. The highest BCUT2D eigenvalue weighted by Gasteiger charge is 2.36. The Kier molecular flexibility index (Phi) is 9.98. The van der Waals surface area contributed by atoms with Crippen molar-refractivity contribution < 1.29 is 24.2 Å². The molecule has 1 atom stereocenters. The highest BCUT2D eigenvalue weighted by atomic mass is 16.6. The molecule has 4 aliphatic heterocycles. The number of aryl methyl sites for hydroxylation is 2. The van der Waals surface area contributed by atoms with E-state index in [2.05, 4.69) is 15.5 Å². The minimum absolute atomic E-state index is 0.0238. The molecule has 0 spiro atoms. The Labute approximate surface area is 271 Å². The van der Waals surface area contributed by atoms with Crippen LogP contribution in [0.3, 0.4) is 0 Å². The molecular weight excluding hydrogens is 584 g/mol. The first kappa shape index (κ1) is 32.1. The standard InChI is InChI=1S/C35H48N6O5/c1-24-21-26(22-25(2)32(24)42)23-31(33(43)39-14-8-28(9-15-39)38-19-12-36-13-20-38)46-35(45)40-16-10-29(11-17-40)41-18-7-27-5-3-4-6-30(27)37-34(41)44/h3-6,21-22,28-29,31,36,42H,7-20,23H2,1-2H3,(H,37,44)/t31-/m0/s1. The molecule has 4 heterocycles. The number of rotatable bonds is 6. The van der Waals surface area contributed by atoms with Crippen LogP contribution in [0.15, 0.2) is 36.4 Å². The van der Waals surface area contributed by atoms with E-state index in [-0.39, 0.29) is 30.2 Å². The Morgan fingerprint density at radius 3 is 2.22 bits per heavy atom. The van der Waals surface area contributed by atoms with Crippen molar-refractivity contribution >= 4 is 23.7 Å². The van der Waals surface area contributed by atoms with Crippen molar-refractivity contribution in [3.05, 3.63) is 58.7 Å². The lowest BCUT2D eigenvalue weighted by Gasteiger charge is -2.41. The summed E-state index contributed by atoms with van der Waals surface area (Å²) in [5, 5.41) is 16.8. The highest BCUT2D eigenvalue weighted by molar-refractivity contribution is 5.91. The van der Waals surface area contributed by atoms with Crippen molar-refractivity contribution in [2.75, 3.05) is 64.2 Å². The number of likely N-dealkylation sites (tertiary alicyclic amines) is 2. The second kappa shape index (κ2) is 14.3. The van der Waals surface area contributed by atoms with Gasteiger partial charge in [0.25, 0.3) is 5.91 Å². The third kappa shape index (κ3) is 7.25. The van der Waals surface area contributed by atoms with Gasteiger partial charge in [-0.3, -0.25) is 9.69 Å². The van der Waals surface area contributed by atoms with Gasteiger partial charge in [0.1, 0.15) is 5.75 Å². The van der Waals surface area contributed by atoms with Crippen molar-refractivity contribution in [2.24, 2.45) is 0 Å². The number of hydrogen-bond acceptors (Lipinski definition) is 7. The van der Waals surface area contributed by atoms with E-state index in [0.29, 0.717) is 51.6 Å². The fourth-order valence-electron chi connectivity index (χ4n) is 7.55. The predicted octanol–water partition coefficient (Wildman–Crippen LogP) is 3.51. The number of nitrogens with one attached hydrogen (secondary N) is 2. The molecule has 0 saturated carbocycles. The molecule has 11 nitrogen and oxygen atoms in total. The highest BCUT2D eigenvalue weighted by Crippen LogP contribution is 2.27. The third-order valence-corrected chi connectivity index (χ3v) is 10.2. The SMILES string of the molecule is Cc1cc(C[C@H](OC(=O)N2CCC(N3CCc4ccccc4NC3=O)CC2)C(=O)N2CCC(N3CCNCC3)CC2)cc(C)c1O. The van der Waals surface area contributed by atoms with E-state index in [1.807, 2.05) is 60.0 Å². The van der Waals surface area contributed by atoms with E-state index in [1.165, 1.54) is 0 Å². The normalized spacial score (nSPS) is 20.9. The van der Waals surface area contributed by atoms with E-state index in [1.54, 1.807) is 4.90 Å². The van der Waals surface area contributed by atoms with Crippen molar-refractivity contribution in [1.29, 1.82) is 0 Å². The first-order chi connectivity index (χ1) is 22.3. The second-order valence-electron chi connectivity index (χ2n) is 13.2. The minimum Gasteiger partial charge on any atom is -0.507 e. The van der Waals surface area contributed by atoms with Crippen LogP contribution in [0.5, 0.6) is 5.75 Å². The van der Waals surface area contributed by atoms with Gasteiger partial charge in [0.2, 0.25) is 0 Å². The smallest absolute Gasteiger partial charge is 0.410 e. The number of phenolic OH excluding ortho intramolecular Hbond substituents is 1. The number of aromatic hydroxyl groups is 1. The summed E-state index contributed by atoms with van der Waals surface area (Å²) in [7, 11) is 0. The van der Waals surface area contributed by atoms with E-state index in [0.717, 1.165) is 73.4 Å². The number of benzene rings is 2. The van der Waals surface area contributed by atoms with Crippen LogP contribution >= 0.6 is 0 Å². The number of piperidine rings is 2. The molecule has 4 aliphatic rings. The zero-order valence-corrected chi connectivity index (χ0v) is 27.2. The van der Waals surface area contributed by atoms with Crippen LogP contribution in [0.25, 0.3) is 0 Å². The number of fused-ring (bicyclic) bond motifs is 1. The number of amides is 4. The maximum absolute atomic E-state index is 14.0. The number of para-hydroxylation sites is 1. The molecule has 3 fully saturated rings.